The van der Waals surface area contributed by atoms with Crippen LogP contribution in [0.1, 0.15) is 11.4 Å². The van der Waals surface area contributed by atoms with Crippen LogP contribution in [0.4, 0.5) is 11.4 Å². The Balaban J connectivity index is 2.37. The summed E-state index contributed by atoms with van der Waals surface area (Å²) in [5, 5.41) is 8.90. The van der Waals surface area contributed by atoms with E-state index in [9.17, 15) is 0 Å². The zero-order valence-electron chi connectivity index (χ0n) is 11.6. The second kappa shape index (κ2) is 5.45. The SMILES string of the molecule is Cc1cc(C#N)nc(Oc2cc(N(C)C)ccc2N)n1. The molecule has 2 N–H and O–H groups in total. The van der Waals surface area contributed by atoms with Crippen molar-refractivity contribution in [1.29, 1.82) is 5.26 Å². The Bertz CT molecular complexity index is 676. The van der Waals surface area contributed by atoms with Crippen molar-refractivity contribution in [2.24, 2.45) is 0 Å². The van der Waals surface area contributed by atoms with Crippen LogP contribution in [0.15, 0.2) is 24.3 Å². The average Bonchev–Trinajstić information content (AvgIpc) is 2.40. The molecule has 1 heterocycles. The number of ether oxygens (including phenoxy) is 1. The number of nitrogens with zero attached hydrogens (tertiary/aromatic N) is 4. The highest BCUT2D eigenvalue weighted by Gasteiger charge is 2.09. The minimum absolute atomic E-state index is 0.115. The molecule has 0 aliphatic carbocycles. The maximum Gasteiger partial charge on any atom is 0.323 e. The first-order valence-corrected chi connectivity index (χ1v) is 6.00. The summed E-state index contributed by atoms with van der Waals surface area (Å²) in [4.78, 5) is 10.1. The van der Waals surface area contributed by atoms with Crippen LogP contribution in [0.3, 0.4) is 0 Å². The number of hydrogen-bond acceptors (Lipinski definition) is 6. The standard InChI is InChI=1S/C14H15N5O/c1-9-6-10(8-15)18-14(17-9)20-13-7-11(19(2)3)4-5-12(13)16/h4-7H,16H2,1-3H3. The number of aromatic nitrogens is 2. The maximum absolute atomic E-state index is 8.90. The van der Waals surface area contributed by atoms with Crippen molar-refractivity contribution in [3.05, 3.63) is 35.7 Å². The Hall–Kier alpha value is -2.81. The molecule has 0 bridgehead atoms. The third-order valence-electron chi connectivity index (χ3n) is 2.66. The summed E-state index contributed by atoms with van der Waals surface area (Å²) >= 11 is 0. The summed E-state index contributed by atoms with van der Waals surface area (Å²) in [7, 11) is 3.85. The number of rotatable bonds is 3. The van der Waals surface area contributed by atoms with E-state index in [0.717, 1.165) is 5.69 Å². The lowest BCUT2D eigenvalue weighted by atomic mass is 10.2. The van der Waals surface area contributed by atoms with Crippen molar-refractivity contribution in [2.75, 3.05) is 24.7 Å². The van der Waals surface area contributed by atoms with Crippen LogP contribution >= 0.6 is 0 Å². The molecule has 0 saturated carbocycles. The molecule has 20 heavy (non-hydrogen) atoms. The van der Waals surface area contributed by atoms with Crippen LogP contribution in [-0.2, 0) is 0 Å². The van der Waals surface area contributed by atoms with Gasteiger partial charge in [-0.15, -0.1) is 0 Å². The number of nitrogens with two attached hydrogens (primary N) is 1. The number of anilines is 2. The Morgan fingerprint density at radius 3 is 2.65 bits per heavy atom. The molecule has 0 atom stereocenters. The van der Waals surface area contributed by atoms with E-state index in [1.54, 1.807) is 25.1 Å². The molecular formula is C14H15N5O. The molecule has 0 radical (unpaired) electrons. The number of nitrogen functional groups attached to an aromatic ring is 1. The second-order valence-corrected chi connectivity index (χ2v) is 4.51. The molecule has 2 rings (SSSR count). The summed E-state index contributed by atoms with van der Waals surface area (Å²) in [6.07, 6.45) is 0. The molecule has 2 aromatic rings. The van der Waals surface area contributed by atoms with Crippen LogP contribution in [0.25, 0.3) is 0 Å². The van der Waals surface area contributed by atoms with Crippen LogP contribution in [0.5, 0.6) is 11.8 Å². The highest BCUT2D eigenvalue weighted by atomic mass is 16.5. The maximum atomic E-state index is 8.90. The summed E-state index contributed by atoms with van der Waals surface area (Å²) in [6.45, 7) is 1.77. The van der Waals surface area contributed by atoms with E-state index in [0.29, 0.717) is 17.1 Å². The van der Waals surface area contributed by atoms with Crippen molar-refractivity contribution >= 4 is 11.4 Å². The minimum Gasteiger partial charge on any atom is -0.422 e. The molecule has 6 heteroatoms. The topological polar surface area (TPSA) is 88.1 Å². The average molecular weight is 269 g/mol. The molecule has 0 amide bonds. The van der Waals surface area contributed by atoms with Gasteiger partial charge in [0.25, 0.3) is 0 Å². The number of hydrogen-bond donors (Lipinski definition) is 1. The monoisotopic (exact) mass is 269 g/mol. The molecule has 1 aromatic carbocycles. The van der Waals surface area contributed by atoms with E-state index in [1.807, 2.05) is 31.1 Å². The highest BCUT2D eigenvalue weighted by molar-refractivity contribution is 5.62. The van der Waals surface area contributed by atoms with Crippen molar-refractivity contribution in [1.82, 2.24) is 9.97 Å². The van der Waals surface area contributed by atoms with Gasteiger partial charge in [-0.1, -0.05) is 0 Å². The van der Waals surface area contributed by atoms with E-state index in [4.69, 9.17) is 15.7 Å². The van der Waals surface area contributed by atoms with Crippen LogP contribution < -0.4 is 15.4 Å². The van der Waals surface area contributed by atoms with Gasteiger partial charge in [0.05, 0.1) is 5.69 Å². The van der Waals surface area contributed by atoms with E-state index in [-0.39, 0.29) is 11.7 Å². The molecule has 0 saturated heterocycles. The van der Waals surface area contributed by atoms with Gasteiger partial charge in [0.15, 0.2) is 5.75 Å². The van der Waals surface area contributed by atoms with Crippen molar-refractivity contribution < 1.29 is 4.74 Å². The zero-order chi connectivity index (χ0) is 14.7. The first-order valence-electron chi connectivity index (χ1n) is 6.00. The lowest BCUT2D eigenvalue weighted by Gasteiger charge is -2.15. The van der Waals surface area contributed by atoms with Gasteiger partial charge in [0.2, 0.25) is 0 Å². The van der Waals surface area contributed by atoms with Gasteiger partial charge in [-0.25, -0.2) is 4.98 Å². The van der Waals surface area contributed by atoms with E-state index >= 15 is 0 Å². The Labute approximate surface area is 117 Å². The lowest BCUT2D eigenvalue weighted by molar-refractivity contribution is 0.442. The Morgan fingerprint density at radius 2 is 2.00 bits per heavy atom. The summed E-state index contributed by atoms with van der Waals surface area (Å²) in [5.41, 5.74) is 8.23. The minimum atomic E-state index is 0.115. The van der Waals surface area contributed by atoms with Crippen molar-refractivity contribution in [3.8, 4) is 17.8 Å². The lowest BCUT2D eigenvalue weighted by Crippen LogP contribution is -2.09. The summed E-state index contributed by atoms with van der Waals surface area (Å²) in [6, 6.07) is 9.12. The fraction of sp³-hybridized carbons (Fsp3) is 0.214. The molecule has 0 fully saturated rings. The van der Waals surface area contributed by atoms with Gasteiger partial charge in [-0.05, 0) is 25.1 Å². The number of nitriles is 1. The van der Waals surface area contributed by atoms with Gasteiger partial charge < -0.3 is 15.4 Å². The van der Waals surface area contributed by atoms with Gasteiger partial charge in [-0.3, -0.25) is 0 Å². The Kier molecular flexibility index (Phi) is 3.71. The third-order valence-corrected chi connectivity index (χ3v) is 2.66. The van der Waals surface area contributed by atoms with Crippen molar-refractivity contribution in [2.45, 2.75) is 6.92 Å². The van der Waals surface area contributed by atoms with Gasteiger partial charge in [-0.2, -0.15) is 10.2 Å². The molecule has 102 valence electrons. The molecular weight excluding hydrogens is 254 g/mol. The molecule has 0 spiro atoms. The normalized spacial score (nSPS) is 9.90. The smallest absolute Gasteiger partial charge is 0.323 e. The van der Waals surface area contributed by atoms with Gasteiger partial charge >= 0.3 is 6.01 Å². The number of benzene rings is 1. The van der Waals surface area contributed by atoms with E-state index in [2.05, 4.69) is 9.97 Å². The highest BCUT2D eigenvalue weighted by Crippen LogP contribution is 2.29. The van der Waals surface area contributed by atoms with Crippen molar-refractivity contribution in [3.63, 3.8) is 0 Å². The molecule has 0 aliphatic heterocycles. The van der Waals surface area contributed by atoms with Crippen LogP contribution in [0, 0.1) is 18.3 Å². The number of aryl methyl sites for hydroxylation is 1. The molecule has 1 aromatic heterocycles. The van der Waals surface area contributed by atoms with Gasteiger partial charge in [0, 0.05) is 31.5 Å². The summed E-state index contributed by atoms with van der Waals surface area (Å²) in [5.74, 6) is 0.464. The fourth-order valence-electron chi connectivity index (χ4n) is 1.63. The first-order chi connectivity index (χ1) is 9.49. The van der Waals surface area contributed by atoms with Gasteiger partial charge in [0.1, 0.15) is 11.8 Å². The van der Waals surface area contributed by atoms with E-state index in [1.165, 1.54) is 0 Å². The summed E-state index contributed by atoms with van der Waals surface area (Å²) < 4.78 is 5.60. The molecule has 0 aliphatic rings. The first kappa shape index (κ1) is 13.6. The fourth-order valence-corrected chi connectivity index (χ4v) is 1.63. The largest absolute Gasteiger partial charge is 0.422 e. The molecule has 0 unspecified atom stereocenters. The second-order valence-electron chi connectivity index (χ2n) is 4.51. The predicted octanol–water partition coefficient (Wildman–Crippen LogP) is 2.10. The predicted molar refractivity (Wildman–Crippen MR) is 76.7 cm³/mol. The van der Waals surface area contributed by atoms with Crippen LogP contribution in [0.2, 0.25) is 0 Å². The van der Waals surface area contributed by atoms with E-state index < -0.39 is 0 Å². The Morgan fingerprint density at radius 1 is 1.25 bits per heavy atom. The molecule has 6 nitrogen and oxygen atoms in total. The zero-order valence-corrected chi connectivity index (χ0v) is 11.6. The third kappa shape index (κ3) is 2.95. The van der Waals surface area contributed by atoms with Crippen LogP contribution in [-0.4, -0.2) is 24.1 Å². The quantitative estimate of drug-likeness (QED) is 0.858.